The van der Waals surface area contributed by atoms with Crippen LogP contribution in [0, 0.1) is 0 Å². The van der Waals surface area contributed by atoms with E-state index in [0.29, 0.717) is 6.61 Å². The molecule has 1 aromatic carbocycles. The molecule has 0 aliphatic heterocycles. The smallest absolute Gasteiger partial charge is 0.407 e. The molecule has 0 saturated heterocycles. The maximum Gasteiger partial charge on any atom is 0.407 e. The second-order valence-electron chi connectivity index (χ2n) is 4.01. The van der Waals surface area contributed by atoms with Crippen LogP contribution in [0.5, 0.6) is 0 Å². The molecule has 5 nitrogen and oxygen atoms in total. The van der Waals surface area contributed by atoms with Crippen LogP contribution in [-0.2, 0) is 20.9 Å². The Morgan fingerprint density at radius 3 is 2.63 bits per heavy atom. The van der Waals surface area contributed by atoms with Crippen LogP contribution in [-0.4, -0.2) is 31.6 Å². The van der Waals surface area contributed by atoms with Gasteiger partial charge in [0.15, 0.2) is 5.78 Å². The normalized spacial score (nSPS) is 9.95. The van der Waals surface area contributed by atoms with Gasteiger partial charge in [-0.2, -0.15) is 0 Å². The number of nitrogens with one attached hydrogen (secondary N) is 1. The summed E-state index contributed by atoms with van der Waals surface area (Å²) in [6.07, 6.45) is 0.257. The van der Waals surface area contributed by atoms with Crippen molar-refractivity contribution in [3.63, 3.8) is 0 Å². The van der Waals surface area contributed by atoms with Crippen molar-refractivity contribution in [1.82, 2.24) is 5.32 Å². The topological polar surface area (TPSA) is 64.6 Å². The highest BCUT2D eigenvalue weighted by Crippen LogP contribution is 2.00. The molecule has 0 aliphatic rings. The van der Waals surface area contributed by atoms with Crippen LogP contribution in [0.3, 0.4) is 0 Å². The molecule has 0 fully saturated rings. The van der Waals surface area contributed by atoms with Crippen molar-refractivity contribution in [2.75, 3.05) is 19.8 Å². The van der Waals surface area contributed by atoms with Gasteiger partial charge >= 0.3 is 6.09 Å². The number of carbonyl (C=O) groups excluding carboxylic acids is 2. The van der Waals surface area contributed by atoms with E-state index in [1.807, 2.05) is 37.3 Å². The first kappa shape index (κ1) is 15.2. The highest BCUT2D eigenvalue weighted by molar-refractivity contribution is 5.84. The molecule has 104 valence electrons. The summed E-state index contributed by atoms with van der Waals surface area (Å²) in [6, 6.07) is 9.34. The summed E-state index contributed by atoms with van der Waals surface area (Å²) in [5.74, 6) is -0.176. The zero-order valence-electron chi connectivity index (χ0n) is 11.1. The van der Waals surface area contributed by atoms with Crippen molar-refractivity contribution in [3.8, 4) is 0 Å². The van der Waals surface area contributed by atoms with Crippen molar-refractivity contribution in [2.24, 2.45) is 0 Å². The van der Waals surface area contributed by atoms with Crippen molar-refractivity contribution in [2.45, 2.75) is 20.0 Å². The average molecular weight is 265 g/mol. The summed E-state index contributed by atoms with van der Waals surface area (Å²) in [7, 11) is 0. The lowest BCUT2D eigenvalue weighted by Crippen LogP contribution is -2.31. The first-order chi connectivity index (χ1) is 9.22. The number of amides is 1. The van der Waals surface area contributed by atoms with Crippen LogP contribution in [0.4, 0.5) is 4.79 Å². The molecule has 1 rings (SSSR count). The summed E-state index contributed by atoms with van der Waals surface area (Å²) in [6.45, 7) is 2.64. The first-order valence-electron chi connectivity index (χ1n) is 6.26. The van der Waals surface area contributed by atoms with E-state index >= 15 is 0 Å². The zero-order chi connectivity index (χ0) is 13.9. The molecule has 0 saturated carbocycles. The Bertz CT molecular complexity index is 392. The molecule has 0 radical (unpaired) electrons. The van der Waals surface area contributed by atoms with Gasteiger partial charge in [0, 0.05) is 6.61 Å². The number of hydrogen-bond donors (Lipinski definition) is 1. The molecule has 1 amide bonds. The fourth-order valence-electron chi connectivity index (χ4n) is 1.33. The molecule has 0 aromatic heterocycles. The van der Waals surface area contributed by atoms with Gasteiger partial charge in [0.05, 0.1) is 6.54 Å². The maximum atomic E-state index is 11.3. The summed E-state index contributed by atoms with van der Waals surface area (Å²) in [5.41, 5.74) is 0.898. The fraction of sp³-hybridized carbons (Fsp3) is 0.429. The van der Waals surface area contributed by atoms with Crippen molar-refractivity contribution in [1.29, 1.82) is 0 Å². The van der Waals surface area contributed by atoms with E-state index in [0.717, 1.165) is 12.0 Å². The Kier molecular flexibility index (Phi) is 7.27. The van der Waals surface area contributed by atoms with Crippen LogP contribution >= 0.6 is 0 Å². The number of carbonyl (C=O) groups is 2. The number of benzene rings is 1. The highest BCUT2D eigenvalue weighted by Gasteiger charge is 2.06. The summed E-state index contributed by atoms with van der Waals surface area (Å²) in [4.78, 5) is 22.6. The van der Waals surface area contributed by atoms with Gasteiger partial charge in [0.2, 0.25) is 0 Å². The Balaban J connectivity index is 2.12. The molecule has 0 atom stereocenters. The van der Waals surface area contributed by atoms with E-state index in [-0.39, 0.29) is 25.5 Å². The molecule has 0 spiro atoms. The van der Waals surface area contributed by atoms with Crippen molar-refractivity contribution < 1.29 is 19.1 Å². The van der Waals surface area contributed by atoms with E-state index in [2.05, 4.69) is 5.32 Å². The second-order valence-corrected chi connectivity index (χ2v) is 4.01. The van der Waals surface area contributed by atoms with Gasteiger partial charge in [-0.15, -0.1) is 0 Å². The van der Waals surface area contributed by atoms with E-state index in [1.54, 1.807) is 0 Å². The van der Waals surface area contributed by atoms with Crippen LogP contribution in [0.15, 0.2) is 30.3 Å². The molecule has 0 bridgehead atoms. The van der Waals surface area contributed by atoms with Crippen LogP contribution in [0.25, 0.3) is 0 Å². The minimum absolute atomic E-state index is 0.0206. The molecule has 1 N–H and O–H groups in total. The number of hydrogen-bond acceptors (Lipinski definition) is 4. The van der Waals surface area contributed by atoms with Crippen molar-refractivity contribution in [3.05, 3.63) is 35.9 Å². The largest absolute Gasteiger partial charge is 0.445 e. The van der Waals surface area contributed by atoms with Gasteiger partial charge in [0.25, 0.3) is 0 Å². The molecule has 19 heavy (non-hydrogen) atoms. The minimum Gasteiger partial charge on any atom is -0.445 e. The number of ketones is 1. The molecule has 1 aromatic rings. The van der Waals surface area contributed by atoms with Crippen LogP contribution < -0.4 is 5.32 Å². The Morgan fingerprint density at radius 2 is 1.95 bits per heavy atom. The molecule has 0 unspecified atom stereocenters. The van der Waals surface area contributed by atoms with Gasteiger partial charge in [0.1, 0.15) is 13.2 Å². The van der Waals surface area contributed by atoms with Gasteiger partial charge in [-0.25, -0.2) is 4.79 Å². The maximum absolute atomic E-state index is 11.3. The lowest BCUT2D eigenvalue weighted by molar-refractivity contribution is -0.122. The molecular formula is C14H19NO4. The van der Waals surface area contributed by atoms with Gasteiger partial charge in [-0.3, -0.25) is 4.79 Å². The lowest BCUT2D eigenvalue weighted by atomic mass is 10.2. The molecule has 5 heteroatoms. The van der Waals surface area contributed by atoms with Gasteiger partial charge in [-0.05, 0) is 12.0 Å². The number of alkyl carbamates (subject to hydrolysis) is 1. The summed E-state index contributed by atoms with van der Waals surface area (Å²) in [5, 5.41) is 2.39. The molecular weight excluding hydrogens is 246 g/mol. The van der Waals surface area contributed by atoms with E-state index in [1.165, 1.54) is 0 Å². The predicted octanol–water partition coefficient (Wildman–Crippen LogP) is 1.91. The second kappa shape index (κ2) is 9.10. The lowest BCUT2D eigenvalue weighted by Gasteiger charge is -2.06. The summed E-state index contributed by atoms with van der Waals surface area (Å²) < 4.78 is 10.0. The van der Waals surface area contributed by atoms with Gasteiger partial charge < -0.3 is 14.8 Å². The Morgan fingerprint density at radius 1 is 1.21 bits per heavy atom. The fourth-order valence-corrected chi connectivity index (χ4v) is 1.33. The van der Waals surface area contributed by atoms with E-state index in [4.69, 9.17) is 9.47 Å². The van der Waals surface area contributed by atoms with Crippen LogP contribution in [0.2, 0.25) is 0 Å². The molecule has 0 heterocycles. The first-order valence-corrected chi connectivity index (χ1v) is 6.26. The third-order valence-corrected chi connectivity index (χ3v) is 2.25. The Hall–Kier alpha value is -1.88. The minimum atomic E-state index is -0.604. The Labute approximate surface area is 112 Å². The molecule has 0 aliphatic carbocycles. The van der Waals surface area contributed by atoms with E-state index < -0.39 is 6.09 Å². The third-order valence-electron chi connectivity index (χ3n) is 2.25. The van der Waals surface area contributed by atoms with Gasteiger partial charge in [-0.1, -0.05) is 37.3 Å². The quantitative estimate of drug-likeness (QED) is 0.729. The van der Waals surface area contributed by atoms with Crippen molar-refractivity contribution >= 4 is 11.9 Å². The zero-order valence-corrected chi connectivity index (χ0v) is 11.1. The van der Waals surface area contributed by atoms with E-state index in [9.17, 15) is 9.59 Å². The van der Waals surface area contributed by atoms with Crippen LogP contribution in [0.1, 0.15) is 18.9 Å². The SMILES string of the molecule is CCCOCC(=O)CNC(=O)OCc1ccccc1. The summed E-state index contributed by atoms with van der Waals surface area (Å²) >= 11 is 0. The number of ether oxygens (including phenoxy) is 2. The predicted molar refractivity (Wildman–Crippen MR) is 70.7 cm³/mol. The highest BCUT2D eigenvalue weighted by atomic mass is 16.5. The monoisotopic (exact) mass is 265 g/mol. The standard InChI is InChI=1S/C14H19NO4/c1-2-8-18-11-13(16)9-15-14(17)19-10-12-6-4-3-5-7-12/h3-7H,2,8-11H2,1H3,(H,15,17). The third kappa shape index (κ3) is 7.21. The number of rotatable bonds is 8. The number of Topliss-reactive ketones (excluding diaryl/α,β-unsaturated/α-hetero) is 1. The average Bonchev–Trinajstić information content (AvgIpc) is 2.44.